The van der Waals surface area contributed by atoms with Gasteiger partial charge in [-0.15, -0.1) is 0 Å². The van der Waals surface area contributed by atoms with Crippen LogP contribution in [0.2, 0.25) is 0 Å². The lowest BCUT2D eigenvalue weighted by atomic mass is 9.99. The predicted molar refractivity (Wildman–Crippen MR) is 63.7 cm³/mol. The first kappa shape index (κ1) is 14.4. The van der Waals surface area contributed by atoms with Gasteiger partial charge in [-0.2, -0.15) is 4.31 Å². The molecule has 1 aliphatic rings. The monoisotopic (exact) mass is 264 g/mol. The fourth-order valence-corrected chi connectivity index (χ4v) is 3.48. The number of ether oxygens (including phenoxy) is 1. The third kappa shape index (κ3) is 4.25. The van der Waals surface area contributed by atoms with E-state index in [0.717, 1.165) is 6.42 Å². The second-order valence-electron chi connectivity index (χ2n) is 4.48. The lowest BCUT2D eigenvalue weighted by Gasteiger charge is -2.33. The van der Waals surface area contributed by atoms with Gasteiger partial charge in [0.05, 0.1) is 6.61 Å². The molecule has 1 rings (SSSR count). The Morgan fingerprint density at radius 1 is 1.47 bits per heavy atom. The molecule has 2 N–H and O–H groups in total. The van der Waals surface area contributed by atoms with Crippen LogP contribution in [-0.4, -0.2) is 50.2 Å². The van der Waals surface area contributed by atoms with Crippen molar-refractivity contribution >= 4 is 16.0 Å². The van der Waals surface area contributed by atoms with E-state index in [2.05, 4.69) is 4.74 Å². The highest BCUT2D eigenvalue weighted by atomic mass is 32.2. The lowest BCUT2D eigenvalue weighted by molar-refractivity contribution is -0.140. The largest absolute Gasteiger partial charge is 0.465 e. The van der Waals surface area contributed by atoms with Crippen LogP contribution in [-0.2, 0) is 19.6 Å². The number of hydrogen-bond donors (Lipinski definition) is 1. The first-order valence-electron chi connectivity index (χ1n) is 5.74. The Morgan fingerprint density at radius 3 is 2.65 bits per heavy atom. The summed E-state index contributed by atoms with van der Waals surface area (Å²) in [4.78, 5) is 11.2. The van der Waals surface area contributed by atoms with Crippen molar-refractivity contribution < 1.29 is 17.9 Å². The Balaban J connectivity index is 2.66. The second-order valence-corrected chi connectivity index (χ2v) is 6.45. The minimum Gasteiger partial charge on any atom is -0.465 e. The normalized spacial score (nSPS) is 26.8. The number of carbonyl (C=O) groups excluding carboxylic acids is 1. The first-order valence-corrected chi connectivity index (χ1v) is 7.35. The zero-order chi connectivity index (χ0) is 13.1. The van der Waals surface area contributed by atoms with Crippen molar-refractivity contribution in [2.24, 2.45) is 11.7 Å². The molecule has 0 aromatic heterocycles. The maximum atomic E-state index is 11.9. The molecule has 0 saturated carbocycles. The highest BCUT2D eigenvalue weighted by Crippen LogP contribution is 2.18. The summed E-state index contributed by atoms with van der Waals surface area (Å²) in [6.45, 7) is 4.49. The Hall–Kier alpha value is -0.660. The topological polar surface area (TPSA) is 89.7 Å². The van der Waals surface area contributed by atoms with Crippen LogP contribution in [0, 0.1) is 5.92 Å². The number of nitrogens with two attached hydrogens (primary N) is 1. The quantitative estimate of drug-likeness (QED) is 0.694. The molecule has 2 atom stereocenters. The van der Waals surface area contributed by atoms with E-state index in [9.17, 15) is 13.2 Å². The third-order valence-corrected chi connectivity index (χ3v) is 4.34. The van der Waals surface area contributed by atoms with Gasteiger partial charge in [0.1, 0.15) is 0 Å². The maximum Gasteiger partial charge on any atom is 0.322 e. The van der Waals surface area contributed by atoms with E-state index in [1.54, 1.807) is 6.92 Å². The minimum absolute atomic E-state index is 0.157. The number of rotatable bonds is 4. The van der Waals surface area contributed by atoms with E-state index in [4.69, 9.17) is 5.73 Å². The zero-order valence-corrected chi connectivity index (χ0v) is 11.1. The van der Waals surface area contributed by atoms with Gasteiger partial charge in [0.2, 0.25) is 10.0 Å². The van der Waals surface area contributed by atoms with Crippen molar-refractivity contribution in [2.45, 2.75) is 26.3 Å². The fourth-order valence-electron chi connectivity index (χ4n) is 2.02. The molecule has 0 spiro atoms. The van der Waals surface area contributed by atoms with Crippen LogP contribution in [0.3, 0.4) is 0 Å². The molecule has 100 valence electrons. The average Bonchev–Trinajstić information content (AvgIpc) is 2.15. The molecular weight excluding hydrogens is 244 g/mol. The number of hydrogen-bond acceptors (Lipinski definition) is 5. The molecule has 0 aromatic rings. The highest BCUT2D eigenvalue weighted by molar-refractivity contribution is 7.89. The smallest absolute Gasteiger partial charge is 0.322 e. The van der Waals surface area contributed by atoms with Crippen molar-refractivity contribution in [3.63, 3.8) is 0 Å². The highest BCUT2D eigenvalue weighted by Gasteiger charge is 2.32. The van der Waals surface area contributed by atoms with Gasteiger partial charge in [-0.1, -0.05) is 6.92 Å². The number of carbonyl (C=O) groups is 1. The molecule has 0 radical (unpaired) electrons. The number of sulfonamides is 1. The average molecular weight is 264 g/mol. The Bertz CT molecular complexity index is 359. The summed E-state index contributed by atoms with van der Waals surface area (Å²) in [5, 5.41) is 0. The van der Waals surface area contributed by atoms with Crippen molar-refractivity contribution in [3.05, 3.63) is 0 Å². The molecule has 6 nitrogen and oxygen atoms in total. The molecule has 0 amide bonds. The van der Waals surface area contributed by atoms with Crippen LogP contribution in [0.1, 0.15) is 20.3 Å². The van der Waals surface area contributed by atoms with Crippen molar-refractivity contribution in [1.29, 1.82) is 0 Å². The van der Waals surface area contributed by atoms with Gasteiger partial charge in [-0.25, -0.2) is 8.42 Å². The molecule has 17 heavy (non-hydrogen) atoms. The van der Waals surface area contributed by atoms with Crippen molar-refractivity contribution in [2.75, 3.05) is 25.4 Å². The van der Waals surface area contributed by atoms with Gasteiger partial charge in [0.25, 0.3) is 0 Å². The summed E-state index contributed by atoms with van der Waals surface area (Å²) in [6.07, 6.45) is 0.811. The summed E-state index contributed by atoms with van der Waals surface area (Å²) in [5.74, 6) is -1.09. The summed E-state index contributed by atoms with van der Waals surface area (Å²) < 4.78 is 29.8. The van der Waals surface area contributed by atoms with E-state index in [1.165, 1.54) is 4.31 Å². The Morgan fingerprint density at radius 2 is 2.12 bits per heavy atom. The summed E-state index contributed by atoms with van der Waals surface area (Å²) >= 11 is 0. The van der Waals surface area contributed by atoms with Crippen LogP contribution in [0.25, 0.3) is 0 Å². The number of piperidine rings is 1. The molecule has 0 aromatic carbocycles. The number of esters is 1. The second kappa shape index (κ2) is 5.79. The van der Waals surface area contributed by atoms with Gasteiger partial charge in [0, 0.05) is 19.1 Å². The van der Waals surface area contributed by atoms with Crippen LogP contribution >= 0.6 is 0 Å². The molecule has 1 saturated heterocycles. The number of nitrogens with zero attached hydrogens (tertiary/aromatic N) is 1. The van der Waals surface area contributed by atoms with Gasteiger partial charge >= 0.3 is 5.97 Å². The van der Waals surface area contributed by atoms with Crippen LogP contribution in [0.4, 0.5) is 0 Å². The SMILES string of the molecule is CCOC(=O)CS(=O)(=O)N1CC(C)CC(N)C1. The first-order chi connectivity index (χ1) is 7.85. The van der Waals surface area contributed by atoms with E-state index >= 15 is 0 Å². The molecule has 7 heteroatoms. The predicted octanol–water partition coefficient (Wildman–Crippen LogP) is -0.452. The molecular formula is C10H20N2O4S. The van der Waals surface area contributed by atoms with Crippen molar-refractivity contribution in [3.8, 4) is 0 Å². The minimum atomic E-state index is -3.59. The standard InChI is InChI=1S/C10H20N2O4S/c1-3-16-10(13)7-17(14,15)12-5-8(2)4-9(11)6-12/h8-9H,3-7,11H2,1-2H3. The van der Waals surface area contributed by atoms with Gasteiger partial charge < -0.3 is 10.5 Å². The van der Waals surface area contributed by atoms with E-state index < -0.39 is 21.7 Å². The van der Waals surface area contributed by atoms with Crippen LogP contribution in [0.15, 0.2) is 0 Å². The zero-order valence-electron chi connectivity index (χ0n) is 10.3. The van der Waals surface area contributed by atoms with Gasteiger partial charge in [-0.3, -0.25) is 4.79 Å². The lowest BCUT2D eigenvalue weighted by Crippen LogP contribution is -2.50. The van der Waals surface area contributed by atoms with Crippen LogP contribution < -0.4 is 5.73 Å². The molecule has 2 unspecified atom stereocenters. The van der Waals surface area contributed by atoms with Crippen molar-refractivity contribution in [1.82, 2.24) is 4.31 Å². The summed E-state index contributed by atoms with van der Waals surface area (Å²) in [7, 11) is -3.59. The molecule has 0 bridgehead atoms. The van der Waals surface area contributed by atoms with Crippen LogP contribution in [0.5, 0.6) is 0 Å². The molecule has 1 fully saturated rings. The van der Waals surface area contributed by atoms with E-state index in [0.29, 0.717) is 6.54 Å². The van der Waals surface area contributed by atoms with Gasteiger partial charge in [0.15, 0.2) is 5.75 Å². The summed E-state index contributed by atoms with van der Waals surface area (Å²) in [6, 6.07) is -0.157. The maximum absolute atomic E-state index is 11.9. The summed E-state index contributed by atoms with van der Waals surface area (Å²) in [5.41, 5.74) is 5.78. The molecule has 1 aliphatic heterocycles. The van der Waals surface area contributed by atoms with E-state index in [-0.39, 0.29) is 25.1 Å². The van der Waals surface area contributed by atoms with E-state index in [1.807, 2.05) is 6.92 Å². The molecule has 0 aliphatic carbocycles. The molecule has 1 heterocycles. The Labute approximate surface area is 102 Å². The third-order valence-electron chi connectivity index (χ3n) is 2.66. The fraction of sp³-hybridized carbons (Fsp3) is 0.900. The Kier molecular flexibility index (Phi) is 4.91. The van der Waals surface area contributed by atoms with Gasteiger partial charge in [-0.05, 0) is 19.3 Å².